The van der Waals surface area contributed by atoms with Gasteiger partial charge in [-0.05, 0) is 60.7 Å². The van der Waals surface area contributed by atoms with Crippen LogP contribution in [-0.4, -0.2) is 38.8 Å². The molecule has 4 aromatic carbocycles. The Morgan fingerprint density at radius 3 is 1.50 bits per heavy atom. The lowest BCUT2D eigenvalue weighted by molar-refractivity contribution is 0.0602. The highest BCUT2D eigenvalue weighted by Gasteiger charge is 2.13. The van der Waals surface area contributed by atoms with Crippen molar-refractivity contribution in [2.24, 2.45) is 0 Å². The number of methoxy groups -OCH3 is 1. The quantitative estimate of drug-likeness (QED) is 0.300. The van der Waals surface area contributed by atoms with Gasteiger partial charge in [0.05, 0.1) is 29.3 Å². The second kappa shape index (κ2) is 11.3. The van der Waals surface area contributed by atoms with Crippen LogP contribution in [0.5, 0.6) is 0 Å². The minimum atomic E-state index is -0.897. The lowest BCUT2D eigenvalue weighted by Gasteiger charge is -2.06. The molecule has 2 aromatic heterocycles. The maximum absolute atomic E-state index is 11.7. The van der Waals surface area contributed by atoms with Gasteiger partial charge in [-0.2, -0.15) is 0 Å². The summed E-state index contributed by atoms with van der Waals surface area (Å²) in [6.45, 7) is 0. The summed E-state index contributed by atoms with van der Waals surface area (Å²) < 4.78 is 8.86. The molecule has 0 bridgehead atoms. The molecule has 0 saturated heterocycles. The lowest BCUT2D eigenvalue weighted by Crippen LogP contribution is -2.01. The van der Waals surface area contributed by atoms with Crippen LogP contribution in [0, 0.1) is 0 Å². The highest BCUT2D eigenvalue weighted by atomic mass is 16.5. The van der Waals surface area contributed by atoms with Crippen LogP contribution in [0.3, 0.4) is 0 Å². The van der Waals surface area contributed by atoms with E-state index < -0.39 is 5.97 Å². The average Bonchev–Trinajstić information content (AvgIpc) is 3.58. The number of carbonyl (C=O) groups excluding carboxylic acids is 1. The van der Waals surface area contributed by atoms with Gasteiger partial charge in [0.1, 0.15) is 0 Å². The number of carbonyl (C=O) groups is 2. The van der Waals surface area contributed by atoms with Gasteiger partial charge in [0.2, 0.25) is 0 Å². The fraction of sp³-hybridized carbons (Fsp3) is 0.0323. The molecule has 0 aliphatic rings. The fourth-order valence-corrected chi connectivity index (χ4v) is 4.44. The normalized spacial score (nSPS) is 10.3. The summed E-state index contributed by atoms with van der Waals surface area (Å²) in [7, 11) is 1.40. The number of carboxylic acid groups (broad SMARTS) is 1. The van der Waals surface area contributed by atoms with E-state index in [2.05, 4.69) is 4.57 Å². The third kappa shape index (κ3) is 4.91. The van der Waals surface area contributed by atoms with Gasteiger partial charge in [-0.25, -0.2) is 9.59 Å². The molecule has 7 heteroatoms. The minimum Gasteiger partial charge on any atom is -0.478 e. The average molecular weight is 507 g/mol. The Morgan fingerprint density at radius 1 is 0.605 bits per heavy atom. The number of fused-ring (bicyclic) bond motifs is 2. The van der Waals surface area contributed by atoms with Crippen LogP contribution in [0.4, 0.5) is 0 Å². The number of rotatable bonds is 4. The molecule has 0 spiro atoms. The summed E-state index contributed by atoms with van der Waals surface area (Å²) >= 11 is 0. The molecule has 2 heterocycles. The molecule has 0 aliphatic heterocycles. The van der Waals surface area contributed by atoms with Crippen LogP contribution in [0.2, 0.25) is 0 Å². The van der Waals surface area contributed by atoms with E-state index in [1.807, 2.05) is 108 Å². The molecule has 3 N–H and O–H groups in total. The first kappa shape index (κ1) is 25.9. The van der Waals surface area contributed by atoms with Crippen LogP contribution >= 0.6 is 0 Å². The van der Waals surface area contributed by atoms with Crippen molar-refractivity contribution in [3.8, 4) is 11.4 Å². The van der Waals surface area contributed by atoms with Crippen molar-refractivity contribution in [2.75, 3.05) is 7.11 Å². The SMILES string of the molecule is COC(=O)c1cccc2c1ccn2-c1ccccc1.O.O=C(O)c1cccc2c1ccn2-c1ccccc1. The van der Waals surface area contributed by atoms with Crippen molar-refractivity contribution in [3.63, 3.8) is 0 Å². The molecule has 7 nitrogen and oxygen atoms in total. The van der Waals surface area contributed by atoms with Gasteiger partial charge < -0.3 is 24.5 Å². The smallest absolute Gasteiger partial charge is 0.338 e. The first-order valence-electron chi connectivity index (χ1n) is 11.7. The number of hydrogen-bond donors (Lipinski definition) is 1. The highest BCUT2D eigenvalue weighted by Crippen LogP contribution is 2.25. The molecule has 6 aromatic rings. The van der Waals surface area contributed by atoms with Gasteiger partial charge >= 0.3 is 11.9 Å². The largest absolute Gasteiger partial charge is 0.478 e. The van der Waals surface area contributed by atoms with Crippen molar-refractivity contribution in [1.29, 1.82) is 0 Å². The van der Waals surface area contributed by atoms with Crippen LogP contribution in [0.25, 0.3) is 33.2 Å². The van der Waals surface area contributed by atoms with E-state index in [9.17, 15) is 9.59 Å². The van der Waals surface area contributed by atoms with Crippen molar-refractivity contribution < 1.29 is 24.9 Å². The summed E-state index contributed by atoms with van der Waals surface area (Å²) in [5.41, 5.74) is 4.92. The summed E-state index contributed by atoms with van der Waals surface area (Å²) in [5, 5.41) is 10.8. The molecular weight excluding hydrogens is 480 g/mol. The molecule has 0 radical (unpaired) electrons. The number of aromatic carboxylic acids is 1. The molecule has 0 fully saturated rings. The molecule has 0 amide bonds. The highest BCUT2D eigenvalue weighted by molar-refractivity contribution is 6.04. The van der Waals surface area contributed by atoms with Gasteiger partial charge in [0.15, 0.2) is 0 Å². The van der Waals surface area contributed by atoms with Gasteiger partial charge in [0, 0.05) is 34.5 Å². The van der Waals surface area contributed by atoms with Gasteiger partial charge in [-0.15, -0.1) is 0 Å². The Bertz CT molecular complexity index is 1700. The van der Waals surface area contributed by atoms with E-state index in [1.165, 1.54) is 7.11 Å². The number of nitrogens with zero attached hydrogens (tertiary/aromatic N) is 2. The predicted octanol–water partition coefficient (Wildman–Crippen LogP) is 5.92. The van der Waals surface area contributed by atoms with Crippen LogP contribution in [0.1, 0.15) is 20.7 Å². The lowest BCUT2D eigenvalue weighted by atomic mass is 10.1. The zero-order valence-corrected chi connectivity index (χ0v) is 20.6. The number of ether oxygens (including phenoxy) is 1. The molecular formula is C31H26N2O5. The first-order chi connectivity index (χ1) is 18.1. The van der Waals surface area contributed by atoms with Crippen LogP contribution < -0.4 is 0 Å². The van der Waals surface area contributed by atoms with Gasteiger partial charge in [-0.1, -0.05) is 48.5 Å². The number of hydrogen-bond acceptors (Lipinski definition) is 3. The summed E-state index contributed by atoms with van der Waals surface area (Å²) in [6.07, 6.45) is 3.86. The van der Waals surface area contributed by atoms with Gasteiger partial charge in [0.25, 0.3) is 0 Å². The van der Waals surface area contributed by atoms with Crippen molar-refractivity contribution in [1.82, 2.24) is 9.13 Å². The number of carboxylic acids is 1. The van der Waals surface area contributed by atoms with Crippen molar-refractivity contribution >= 4 is 33.7 Å². The number of benzene rings is 4. The van der Waals surface area contributed by atoms with E-state index >= 15 is 0 Å². The number of para-hydroxylation sites is 2. The van der Waals surface area contributed by atoms with E-state index in [4.69, 9.17) is 9.84 Å². The first-order valence-corrected chi connectivity index (χ1v) is 11.7. The van der Waals surface area contributed by atoms with E-state index in [-0.39, 0.29) is 11.4 Å². The zero-order valence-electron chi connectivity index (χ0n) is 20.6. The molecule has 0 atom stereocenters. The molecule has 0 saturated carbocycles. The fourth-order valence-electron chi connectivity index (χ4n) is 4.44. The summed E-state index contributed by atoms with van der Waals surface area (Å²) in [5.74, 6) is -1.21. The summed E-state index contributed by atoms with van der Waals surface area (Å²) in [6, 6.07) is 34.6. The number of aromatic nitrogens is 2. The van der Waals surface area contributed by atoms with E-state index in [0.29, 0.717) is 11.1 Å². The van der Waals surface area contributed by atoms with Crippen LogP contribution in [-0.2, 0) is 4.74 Å². The maximum atomic E-state index is 11.7. The Balaban J connectivity index is 0.000000173. The van der Waals surface area contributed by atoms with E-state index in [0.717, 1.165) is 33.2 Å². The van der Waals surface area contributed by atoms with Crippen molar-refractivity contribution in [2.45, 2.75) is 0 Å². The Hall–Kier alpha value is -5.14. The second-order valence-electron chi connectivity index (χ2n) is 8.32. The zero-order chi connectivity index (χ0) is 25.8. The Labute approximate surface area is 219 Å². The summed E-state index contributed by atoms with van der Waals surface area (Å²) in [4.78, 5) is 22.9. The van der Waals surface area contributed by atoms with E-state index in [1.54, 1.807) is 18.2 Å². The predicted molar refractivity (Wildman–Crippen MR) is 148 cm³/mol. The Morgan fingerprint density at radius 2 is 1.05 bits per heavy atom. The second-order valence-corrected chi connectivity index (χ2v) is 8.32. The minimum absolute atomic E-state index is 0. The molecule has 0 unspecified atom stereocenters. The molecule has 38 heavy (non-hydrogen) atoms. The molecule has 190 valence electrons. The third-order valence-electron chi connectivity index (χ3n) is 6.17. The third-order valence-corrected chi connectivity index (χ3v) is 6.17. The van der Waals surface area contributed by atoms with Crippen molar-refractivity contribution in [3.05, 3.63) is 133 Å². The maximum Gasteiger partial charge on any atom is 0.338 e. The Kier molecular flexibility index (Phi) is 7.70. The van der Waals surface area contributed by atoms with Crippen LogP contribution in [0.15, 0.2) is 122 Å². The monoisotopic (exact) mass is 506 g/mol. The number of esters is 1. The molecule has 0 aliphatic carbocycles. The standard InChI is InChI=1S/C16H13NO2.C15H11NO2.H2O/c1-19-16(18)14-8-5-9-15-13(14)10-11-17(15)12-6-3-2-4-7-12;17-15(18)13-7-4-8-14-12(13)9-10-16(14)11-5-2-1-3-6-11;/h2-11H,1H3;1-10H,(H,17,18);1H2. The molecule has 6 rings (SSSR count). The van der Waals surface area contributed by atoms with Gasteiger partial charge in [-0.3, -0.25) is 0 Å². The topological polar surface area (TPSA) is 105 Å².